The van der Waals surface area contributed by atoms with E-state index in [4.69, 9.17) is 9.15 Å². The second-order valence-corrected chi connectivity index (χ2v) is 7.17. The Bertz CT molecular complexity index is 893. The van der Waals surface area contributed by atoms with E-state index in [1.165, 1.54) is 4.90 Å². The molecule has 0 unspecified atom stereocenters. The molecule has 0 atom stereocenters. The highest BCUT2D eigenvalue weighted by Gasteiger charge is 2.11. The average Bonchev–Trinajstić information content (AvgIpc) is 3.10. The molecule has 27 heavy (non-hydrogen) atoms. The molecule has 0 spiro atoms. The molecule has 1 aromatic heterocycles. The summed E-state index contributed by atoms with van der Waals surface area (Å²) in [7, 11) is 1.59. The van der Waals surface area contributed by atoms with Crippen molar-refractivity contribution in [3.8, 4) is 5.75 Å². The van der Waals surface area contributed by atoms with Crippen LogP contribution in [0.5, 0.6) is 5.75 Å². The minimum atomic E-state index is -0.223. The number of thioether (sulfide) groups is 1. The monoisotopic (exact) mass is 383 g/mol. The number of carbonyl (C=O) groups is 1. The van der Waals surface area contributed by atoms with Gasteiger partial charge in [-0.1, -0.05) is 36.3 Å². The van der Waals surface area contributed by atoms with Gasteiger partial charge in [-0.25, -0.2) is 0 Å². The van der Waals surface area contributed by atoms with Crippen LogP contribution in [0.2, 0.25) is 0 Å². The molecule has 1 heterocycles. The fourth-order valence-corrected chi connectivity index (χ4v) is 3.21. The molecule has 7 heteroatoms. The number of hydrogen-bond donors (Lipinski definition) is 1. The fourth-order valence-electron chi connectivity index (χ4n) is 2.55. The van der Waals surface area contributed by atoms with Crippen LogP contribution in [0, 0.1) is 0 Å². The third-order valence-electron chi connectivity index (χ3n) is 3.80. The molecule has 0 aliphatic rings. The van der Waals surface area contributed by atoms with Crippen LogP contribution in [0.15, 0.2) is 57.8 Å². The van der Waals surface area contributed by atoms with Crippen molar-refractivity contribution in [3.05, 3.63) is 65.5 Å². The predicted molar refractivity (Wildman–Crippen MR) is 105 cm³/mol. The van der Waals surface area contributed by atoms with Crippen molar-refractivity contribution in [3.63, 3.8) is 0 Å². The molecule has 1 amide bonds. The third kappa shape index (κ3) is 5.59. The van der Waals surface area contributed by atoms with Crippen LogP contribution in [0.3, 0.4) is 0 Å². The van der Waals surface area contributed by atoms with Crippen molar-refractivity contribution in [2.24, 2.45) is 0 Å². The Labute approximate surface area is 162 Å². The Hall–Kier alpha value is -2.80. The van der Waals surface area contributed by atoms with E-state index in [9.17, 15) is 4.79 Å². The van der Waals surface area contributed by atoms with Crippen molar-refractivity contribution in [2.75, 3.05) is 18.2 Å². The van der Waals surface area contributed by atoms with Crippen molar-refractivity contribution in [2.45, 2.75) is 24.7 Å². The van der Waals surface area contributed by atoms with Gasteiger partial charge in [0.1, 0.15) is 5.75 Å². The van der Waals surface area contributed by atoms with Gasteiger partial charge in [-0.2, -0.15) is 0 Å². The van der Waals surface area contributed by atoms with Crippen molar-refractivity contribution < 1.29 is 13.9 Å². The van der Waals surface area contributed by atoms with E-state index in [0.29, 0.717) is 18.1 Å². The van der Waals surface area contributed by atoms with Crippen LogP contribution in [-0.2, 0) is 17.6 Å². The van der Waals surface area contributed by atoms with Crippen molar-refractivity contribution >= 4 is 23.7 Å². The van der Waals surface area contributed by atoms with Gasteiger partial charge in [0.2, 0.25) is 11.8 Å². The number of hydrogen-bond acceptors (Lipinski definition) is 6. The van der Waals surface area contributed by atoms with E-state index < -0.39 is 0 Å². The highest BCUT2D eigenvalue weighted by molar-refractivity contribution is 7.99. The van der Waals surface area contributed by atoms with E-state index in [0.717, 1.165) is 16.9 Å². The van der Waals surface area contributed by atoms with Gasteiger partial charge in [-0.15, -0.1) is 16.9 Å². The van der Waals surface area contributed by atoms with Gasteiger partial charge in [0, 0.05) is 4.90 Å². The molecule has 0 aliphatic carbocycles. The summed E-state index contributed by atoms with van der Waals surface area (Å²) in [5.41, 5.74) is 1.92. The third-order valence-corrected chi connectivity index (χ3v) is 4.70. The lowest BCUT2D eigenvalue weighted by Crippen LogP contribution is -2.14. The quantitative estimate of drug-likeness (QED) is 0.593. The molecule has 140 valence electrons. The molecule has 3 aromatic rings. The highest BCUT2D eigenvalue weighted by atomic mass is 32.2. The number of methoxy groups -OCH3 is 1. The van der Waals surface area contributed by atoms with E-state index in [1.54, 1.807) is 18.9 Å². The predicted octanol–water partition coefficient (Wildman–Crippen LogP) is 3.96. The lowest BCUT2D eigenvalue weighted by molar-refractivity contribution is -0.115. The number of amides is 1. The van der Waals surface area contributed by atoms with Gasteiger partial charge in [0.25, 0.3) is 0 Å². The summed E-state index contributed by atoms with van der Waals surface area (Å²) in [6.45, 7) is 2.13. The maximum absolute atomic E-state index is 12.2. The highest BCUT2D eigenvalue weighted by Crippen LogP contribution is 2.19. The smallest absolute Gasteiger partial charge is 0.322 e. The molecule has 6 nitrogen and oxygen atoms in total. The number of nitrogens with one attached hydrogen (secondary N) is 1. The lowest BCUT2D eigenvalue weighted by atomic mass is 10.1. The Balaban J connectivity index is 1.56. The molecule has 0 saturated carbocycles. The number of benzene rings is 2. The first kappa shape index (κ1) is 19.0. The van der Waals surface area contributed by atoms with Crippen LogP contribution >= 0.6 is 11.8 Å². The van der Waals surface area contributed by atoms with Crippen LogP contribution in [0.25, 0.3) is 0 Å². The first-order chi connectivity index (χ1) is 13.2. The van der Waals surface area contributed by atoms with E-state index in [1.807, 2.05) is 36.4 Å². The number of carbonyl (C=O) groups excluding carboxylic acids is 1. The average molecular weight is 383 g/mol. The van der Waals surface area contributed by atoms with Gasteiger partial charge in [0.15, 0.2) is 0 Å². The van der Waals surface area contributed by atoms with Gasteiger partial charge in [-0.3, -0.25) is 10.1 Å². The molecule has 0 saturated heterocycles. The van der Waals surface area contributed by atoms with Crippen LogP contribution < -0.4 is 10.1 Å². The van der Waals surface area contributed by atoms with E-state index in [-0.39, 0.29) is 18.3 Å². The molecular weight excluding hydrogens is 362 g/mol. The number of nitrogens with zero attached hydrogens (tertiary/aromatic N) is 2. The first-order valence-electron chi connectivity index (χ1n) is 8.63. The van der Waals surface area contributed by atoms with Crippen molar-refractivity contribution in [1.82, 2.24) is 10.2 Å². The summed E-state index contributed by atoms with van der Waals surface area (Å²) in [4.78, 5) is 13.4. The minimum Gasteiger partial charge on any atom is -0.497 e. The van der Waals surface area contributed by atoms with Gasteiger partial charge in [-0.05, 0) is 41.1 Å². The Kier molecular flexibility index (Phi) is 6.49. The number of anilines is 1. The first-order valence-corrected chi connectivity index (χ1v) is 9.61. The Morgan fingerprint density at radius 3 is 2.70 bits per heavy atom. The Morgan fingerprint density at radius 2 is 1.96 bits per heavy atom. The number of ether oxygens (including phenoxy) is 1. The number of rotatable bonds is 8. The maximum atomic E-state index is 12.2. The minimum absolute atomic E-state index is 0.107. The SMILES string of the molecule is CCSc1ccc(Cc2nnc(NC(=O)Cc3cccc(OC)c3)o2)cc1. The zero-order valence-corrected chi connectivity index (χ0v) is 16.1. The van der Waals surface area contributed by atoms with E-state index >= 15 is 0 Å². The molecule has 0 bridgehead atoms. The molecular formula is C20H21N3O3S. The molecule has 2 aromatic carbocycles. The summed E-state index contributed by atoms with van der Waals surface area (Å²) < 4.78 is 10.7. The molecule has 0 aliphatic heterocycles. The molecule has 0 radical (unpaired) electrons. The largest absolute Gasteiger partial charge is 0.497 e. The van der Waals surface area contributed by atoms with Gasteiger partial charge < -0.3 is 9.15 Å². The standard InChI is InChI=1S/C20H21N3O3S/c1-3-27-17-9-7-14(8-10-17)13-19-22-23-20(26-19)21-18(24)12-15-5-4-6-16(11-15)25-2/h4-11H,3,12-13H2,1-2H3,(H,21,23,24). The zero-order valence-electron chi connectivity index (χ0n) is 15.3. The topological polar surface area (TPSA) is 77.2 Å². The summed E-state index contributed by atoms with van der Waals surface area (Å²) >= 11 is 1.80. The summed E-state index contributed by atoms with van der Waals surface area (Å²) in [5.74, 6) is 1.99. The summed E-state index contributed by atoms with van der Waals surface area (Å²) in [5, 5.41) is 10.5. The van der Waals surface area contributed by atoms with Gasteiger partial charge in [0.05, 0.1) is 20.0 Å². The Morgan fingerprint density at radius 1 is 1.15 bits per heavy atom. The van der Waals surface area contributed by atoms with Crippen LogP contribution in [0.1, 0.15) is 23.9 Å². The lowest BCUT2D eigenvalue weighted by Gasteiger charge is -2.04. The van der Waals surface area contributed by atoms with Crippen LogP contribution in [0.4, 0.5) is 6.01 Å². The van der Waals surface area contributed by atoms with E-state index in [2.05, 4.69) is 34.6 Å². The van der Waals surface area contributed by atoms with Crippen LogP contribution in [-0.4, -0.2) is 29.0 Å². The molecule has 1 N–H and O–H groups in total. The maximum Gasteiger partial charge on any atom is 0.322 e. The van der Waals surface area contributed by atoms with Gasteiger partial charge >= 0.3 is 6.01 Å². The molecule has 3 rings (SSSR count). The second kappa shape index (κ2) is 9.23. The molecule has 0 fully saturated rings. The summed E-state index contributed by atoms with van der Waals surface area (Å²) in [6, 6.07) is 15.7. The number of aromatic nitrogens is 2. The fraction of sp³-hybridized carbons (Fsp3) is 0.250. The summed E-state index contributed by atoms with van der Waals surface area (Å²) in [6.07, 6.45) is 0.724. The normalized spacial score (nSPS) is 10.6. The second-order valence-electron chi connectivity index (χ2n) is 5.83. The van der Waals surface area contributed by atoms with Crippen molar-refractivity contribution in [1.29, 1.82) is 0 Å². The zero-order chi connectivity index (χ0) is 19.1.